The lowest BCUT2D eigenvalue weighted by Crippen LogP contribution is -2.08. The van der Waals surface area contributed by atoms with Crippen LogP contribution in [-0.2, 0) is 4.74 Å². The molecule has 0 aliphatic rings. The predicted octanol–water partition coefficient (Wildman–Crippen LogP) is 4.32. The van der Waals surface area contributed by atoms with E-state index in [1.807, 2.05) is 18.2 Å². The van der Waals surface area contributed by atoms with Crippen molar-refractivity contribution in [3.05, 3.63) is 51.2 Å². The Morgan fingerprint density at radius 2 is 2.05 bits per heavy atom. The summed E-state index contributed by atoms with van der Waals surface area (Å²) in [4.78, 5) is 14.2. The van der Waals surface area contributed by atoms with Crippen molar-refractivity contribution in [3.63, 3.8) is 0 Å². The van der Waals surface area contributed by atoms with E-state index in [1.54, 1.807) is 17.4 Å². The SMILES string of the molecule is COC(=O)c1cccc(NC(C)c2cc(C)sc2C)c1. The Morgan fingerprint density at radius 3 is 2.65 bits per heavy atom. The van der Waals surface area contributed by atoms with Gasteiger partial charge in [0.1, 0.15) is 0 Å². The summed E-state index contributed by atoms with van der Waals surface area (Å²) in [6, 6.07) is 9.79. The first kappa shape index (κ1) is 14.6. The minimum Gasteiger partial charge on any atom is -0.465 e. The lowest BCUT2D eigenvalue weighted by atomic mass is 10.1. The van der Waals surface area contributed by atoms with Crippen LogP contribution in [0, 0.1) is 13.8 Å². The number of aryl methyl sites for hydroxylation is 2. The predicted molar refractivity (Wildman–Crippen MR) is 83.6 cm³/mol. The number of carbonyl (C=O) groups is 1. The molecule has 2 aromatic rings. The number of methoxy groups -OCH3 is 1. The second-order valence-electron chi connectivity index (χ2n) is 4.81. The molecule has 1 atom stereocenters. The van der Waals surface area contributed by atoms with Crippen molar-refractivity contribution in [3.8, 4) is 0 Å². The minimum atomic E-state index is -0.316. The summed E-state index contributed by atoms with van der Waals surface area (Å²) in [5.74, 6) is -0.316. The van der Waals surface area contributed by atoms with Crippen molar-refractivity contribution in [1.82, 2.24) is 0 Å². The third kappa shape index (κ3) is 3.20. The zero-order valence-electron chi connectivity index (χ0n) is 12.2. The van der Waals surface area contributed by atoms with Gasteiger partial charge in [0, 0.05) is 21.5 Å². The first-order chi connectivity index (χ1) is 9.51. The molecule has 0 amide bonds. The van der Waals surface area contributed by atoms with E-state index in [0.717, 1.165) is 5.69 Å². The second kappa shape index (κ2) is 6.09. The summed E-state index contributed by atoms with van der Waals surface area (Å²) in [6.45, 7) is 6.38. The molecule has 1 unspecified atom stereocenters. The van der Waals surface area contributed by atoms with Gasteiger partial charge in [-0.25, -0.2) is 4.79 Å². The van der Waals surface area contributed by atoms with Crippen LogP contribution in [-0.4, -0.2) is 13.1 Å². The lowest BCUT2D eigenvalue weighted by Gasteiger charge is -2.16. The molecule has 0 aliphatic heterocycles. The summed E-state index contributed by atoms with van der Waals surface area (Å²) in [5, 5.41) is 3.43. The molecule has 0 spiro atoms. The van der Waals surface area contributed by atoms with E-state index in [-0.39, 0.29) is 12.0 Å². The maximum Gasteiger partial charge on any atom is 0.337 e. The molecular weight excluding hydrogens is 270 g/mol. The average molecular weight is 289 g/mol. The number of hydrogen-bond acceptors (Lipinski definition) is 4. The summed E-state index contributed by atoms with van der Waals surface area (Å²) >= 11 is 1.81. The number of thiophene rings is 1. The Kier molecular flexibility index (Phi) is 4.45. The van der Waals surface area contributed by atoms with Crippen molar-refractivity contribution in [2.75, 3.05) is 12.4 Å². The highest BCUT2D eigenvalue weighted by molar-refractivity contribution is 7.12. The molecular formula is C16H19NO2S. The van der Waals surface area contributed by atoms with Gasteiger partial charge in [-0.15, -0.1) is 11.3 Å². The normalized spacial score (nSPS) is 12.0. The largest absolute Gasteiger partial charge is 0.465 e. The fourth-order valence-corrected chi connectivity index (χ4v) is 3.28. The third-order valence-electron chi connectivity index (χ3n) is 3.21. The standard InChI is InChI=1S/C16H19NO2S/c1-10-8-15(12(3)20-10)11(2)17-14-7-5-6-13(9-14)16(18)19-4/h5-9,11,17H,1-4H3. The highest BCUT2D eigenvalue weighted by Crippen LogP contribution is 2.28. The quantitative estimate of drug-likeness (QED) is 0.852. The molecule has 0 fully saturated rings. The number of rotatable bonds is 4. The Balaban J connectivity index is 2.17. The molecule has 20 heavy (non-hydrogen) atoms. The molecule has 0 radical (unpaired) electrons. The number of hydrogen-bond donors (Lipinski definition) is 1. The van der Waals surface area contributed by atoms with Crippen molar-refractivity contribution in [2.45, 2.75) is 26.8 Å². The zero-order valence-corrected chi connectivity index (χ0v) is 13.0. The van der Waals surface area contributed by atoms with Gasteiger partial charge in [0.25, 0.3) is 0 Å². The molecule has 0 bridgehead atoms. The molecule has 0 aliphatic carbocycles. The van der Waals surface area contributed by atoms with E-state index in [1.165, 1.54) is 22.4 Å². The fraction of sp³-hybridized carbons (Fsp3) is 0.312. The van der Waals surface area contributed by atoms with Crippen LogP contribution in [0.15, 0.2) is 30.3 Å². The number of benzene rings is 1. The van der Waals surface area contributed by atoms with Crippen molar-refractivity contribution in [2.24, 2.45) is 0 Å². The number of nitrogens with one attached hydrogen (secondary N) is 1. The first-order valence-corrected chi connectivity index (χ1v) is 7.34. The third-order valence-corrected chi connectivity index (χ3v) is 4.19. The van der Waals surface area contributed by atoms with Crippen LogP contribution in [0.3, 0.4) is 0 Å². The maximum absolute atomic E-state index is 11.5. The lowest BCUT2D eigenvalue weighted by molar-refractivity contribution is 0.0601. The highest BCUT2D eigenvalue weighted by Gasteiger charge is 2.12. The molecule has 1 heterocycles. The van der Waals surface area contributed by atoms with Crippen LogP contribution in [0.1, 0.15) is 38.6 Å². The van der Waals surface area contributed by atoms with Crippen molar-refractivity contribution in [1.29, 1.82) is 0 Å². The molecule has 4 heteroatoms. The van der Waals surface area contributed by atoms with Crippen LogP contribution in [0.2, 0.25) is 0 Å². The summed E-state index contributed by atoms with van der Waals surface area (Å²) < 4.78 is 4.74. The summed E-state index contributed by atoms with van der Waals surface area (Å²) in [7, 11) is 1.39. The topological polar surface area (TPSA) is 38.3 Å². The minimum absolute atomic E-state index is 0.202. The van der Waals surface area contributed by atoms with Crippen LogP contribution in [0.4, 0.5) is 5.69 Å². The van der Waals surface area contributed by atoms with Crippen LogP contribution in [0.25, 0.3) is 0 Å². The smallest absolute Gasteiger partial charge is 0.337 e. The van der Waals surface area contributed by atoms with Gasteiger partial charge in [-0.1, -0.05) is 6.07 Å². The van der Waals surface area contributed by atoms with Gasteiger partial charge in [0.15, 0.2) is 0 Å². The van der Waals surface area contributed by atoms with E-state index in [0.29, 0.717) is 5.56 Å². The van der Waals surface area contributed by atoms with Gasteiger partial charge in [0.2, 0.25) is 0 Å². The number of anilines is 1. The van der Waals surface area contributed by atoms with Crippen LogP contribution >= 0.6 is 11.3 Å². The molecule has 1 aromatic heterocycles. The molecule has 106 valence electrons. The Hall–Kier alpha value is -1.81. The van der Waals surface area contributed by atoms with Crippen molar-refractivity contribution >= 4 is 23.0 Å². The fourth-order valence-electron chi connectivity index (χ4n) is 2.26. The van der Waals surface area contributed by atoms with Gasteiger partial charge >= 0.3 is 5.97 Å². The van der Waals surface area contributed by atoms with E-state index >= 15 is 0 Å². The zero-order chi connectivity index (χ0) is 14.7. The second-order valence-corrected chi connectivity index (χ2v) is 6.27. The average Bonchev–Trinajstić information content (AvgIpc) is 2.77. The Morgan fingerprint density at radius 1 is 1.30 bits per heavy atom. The van der Waals surface area contributed by atoms with Gasteiger partial charge < -0.3 is 10.1 Å². The van der Waals surface area contributed by atoms with Crippen molar-refractivity contribution < 1.29 is 9.53 Å². The monoisotopic (exact) mass is 289 g/mol. The summed E-state index contributed by atoms with van der Waals surface area (Å²) in [5.41, 5.74) is 2.78. The Labute approximate surface area is 123 Å². The summed E-state index contributed by atoms with van der Waals surface area (Å²) in [6.07, 6.45) is 0. The maximum atomic E-state index is 11.5. The highest BCUT2D eigenvalue weighted by atomic mass is 32.1. The number of esters is 1. The molecule has 0 saturated carbocycles. The van der Waals surface area contributed by atoms with E-state index < -0.39 is 0 Å². The molecule has 1 aromatic carbocycles. The first-order valence-electron chi connectivity index (χ1n) is 6.53. The number of ether oxygens (including phenoxy) is 1. The Bertz CT molecular complexity index is 619. The van der Waals surface area contributed by atoms with Gasteiger partial charge in [0.05, 0.1) is 12.7 Å². The van der Waals surface area contributed by atoms with E-state index in [4.69, 9.17) is 4.74 Å². The van der Waals surface area contributed by atoms with E-state index in [9.17, 15) is 4.79 Å². The van der Waals surface area contributed by atoms with Crippen LogP contribution in [0.5, 0.6) is 0 Å². The molecule has 0 saturated heterocycles. The number of carbonyl (C=O) groups excluding carboxylic acids is 1. The van der Waals surface area contributed by atoms with E-state index in [2.05, 4.69) is 32.2 Å². The van der Waals surface area contributed by atoms with Gasteiger partial charge in [-0.3, -0.25) is 0 Å². The van der Waals surface area contributed by atoms with Gasteiger partial charge in [-0.2, -0.15) is 0 Å². The molecule has 3 nitrogen and oxygen atoms in total. The van der Waals surface area contributed by atoms with Gasteiger partial charge in [-0.05, 0) is 50.6 Å². The van der Waals surface area contributed by atoms with Crippen LogP contribution < -0.4 is 5.32 Å². The molecule has 2 rings (SSSR count). The molecule has 1 N–H and O–H groups in total.